The second kappa shape index (κ2) is 6.83. The normalized spacial score (nSPS) is 10.3. The molecule has 4 heteroatoms. The highest BCUT2D eigenvalue weighted by atomic mass is 16.6. The summed E-state index contributed by atoms with van der Waals surface area (Å²) in [5, 5.41) is 2.11. The molecule has 0 spiro atoms. The van der Waals surface area contributed by atoms with Crippen LogP contribution in [0.3, 0.4) is 0 Å². The highest BCUT2D eigenvalue weighted by Crippen LogP contribution is 2.26. The molecule has 0 amide bonds. The standard InChI is InChI=1S/C19H16O4/c1-21-17-8-4-5-9-18(17)22-13-19(20)23-16-11-10-14-6-2-3-7-15(14)12-16/h2-12H,13H2,1H3. The van der Waals surface area contributed by atoms with Crippen molar-refractivity contribution in [1.29, 1.82) is 0 Å². The molecule has 23 heavy (non-hydrogen) atoms. The van der Waals surface area contributed by atoms with Crippen molar-refractivity contribution in [2.24, 2.45) is 0 Å². The molecule has 4 nitrogen and oxygen atoms in total. The van der Waals surface area contributed by atoms with E-state index in [0.29, 0.717) is 17.2 Å². The van der Waals surface area contributed by atoms with E-state index >= 15 is 0 Å². The Labute approximate surface area is 134 Å². The Bertz CT molecular complexity index is 826. The second-order valence-corrected chi connectivity index (χ2v) is 4.92. The molecular formula is C19H16O4. The Kier molecular flexibility index (Phi) is 4.43. The molecule has 0 aliphatic carbocycles. The van der Waals surface area contributed by atoms with Gasteiger partial charge >= 0.3 is 5.97 Å². The Morgan fingerprint density at radius 3 is 2.35 bits per heavy atom. The molecule has 0 fully saturated rings. The van der Waals surface area contributed by atoms with Gasteiger partial charge in [-0.1, -0.05) is 42.5 Å². The van der Waals surface area contributed by atoms with Crippen LogP contribution in [0.25, 0.3) is 10.8 Å². The van der Waals surface area contributed by atoms with Crippen LogP contribution in [-0.2, 0) is 4.79 Å². The predicted molar refractivity (Wildman–Crippen MR) is 88.1 cm³/mol. The molecule has 0 radical (unpaired) electrons. The Balaban J connectivity index is 1.64. The topological polar surface area (TPSA) is 44.8 Å². The molecule has 0 heterocycles. The van der Waals surface area contributed by atoms with E-state index in [0.717, 1.165) is 10.8 Å². The Morgan fingerprint density at radius 1 is 0.870 bits per heavy atom. The summed E-state index contributed by atoms with van der Waals surface area (Å²) in [6.07, 6.45) is 0. The summed E-state index contributed by atoms with van der Waals surface area (Å²) in [5.41, 5.74) is 0. The number of methoxy groups -OCH3 is 1. The first-order chi connectivity index (χ1) is 11.3. The molecule has 0 saturated carbocycles. The molecule has 0 atom stereocenters. The summed E-state index contributed by atoms with van der Waals surface area (Å²) < 4.78 is 15.9. The summed E-state index contributed by atoms with van der Waals surface area (Å²) in [6.45, 7) is -0.187. The number of hydrogen-bond donors (Lipinski definition) is 0. The molecule has 116 valence electrons. The number of carbonyl (C=O) groups is 1. The lowest BCUT2D eigenvalue weighted by molar-refractivity contribution is -0.136. The van der Waals surface area contributed by atoms with Gasteiger partial charge in [0, 0.05) is 0 Å². The number of carbonyl (C=O) groups excluding carboxylic acids is 1. The Morgan fingerprint density at radius 2 is 1.57 bits per heavy atom. The summed E-state index contributed by atoms with van der Waals surface area (Å²) in [6, 6.07) is 20.5. The van der Waals surface area contributed by atoms with Gasteiger partial charge in [-0.25, -0.2) is 4.79 Å². The molecule has 0 aliphatic heterocycles. The smallest absolute Gasteiger partial charge is 0.349 e. The van der Waals surface area contributed by atoms with E-state index in [2.05, 4.69) is 0 Å². The maximum atomic E-state index is 11.9. The number of benzene rings is 3. The summed E-state index contributed by atoms with van der Waals surface area (Å²) in [5.74, 6) is 1.11. The van der Waals surface area contributed by atoms with Crippen LogP contribution >= 0.6 is 0 Å². The number of ether oxygens (including phenoxy) is 3. The van der Waals surface area contributed by atoms with Crippen LogP contribution in [0.15, 0.2) is 66.7 Å². The molecule has 3 rings (SSSR count). The molecule has 0 aromatic heterocycles. The zero-order valence-electron chi connectivity index (χ0n) is 12.7. The number of rotatable bonds is 5. The van der Waals surface area contributed by atoms with Crippen LogP contribution in [0, 0.1) is 0 Å². The zero-order chi connectivity index (χ0) is 16.1. The van der Waals surface area contributed by atoms with Gasteiger partial charge in [-0.05, 0) is 35.0 Å². The van der Waals surface area contributed by atoms with E-state index in [4.69, 9.17) is 14.2 Å². The molecular weight excluding hydrogens is 292 g/mol. The van der Waals surface area contributed by atoms with Gasteiger partial charge < -0.3 is 14.2 Å². The summed E-state index contributed by atoms with van der Waals surface area (Å²) in [4.78, 5) is 11.9. The summed E-state index contributed by atoms with van der Waals surface area (Å²) in [7, 11) is 1.55. The molecule has 0 aliphatic rings. The first-order valence-corrected chi connectivity index (χ1v) is 7.21. The van der Waals surface area contributed by atoms with Gasteiger partial charge in [0.15, 0.2) is 18.1 Å². The average molecular weight is 308 g/mol. The van der Waals surface area contributed by atoms with Crippen molar-refractivity contribution in [1.82, 2.24) is 0 Å². The van der Waals surface area contributed by atoms with E-state index in [1.807, 2.05) is 48.5 Å². The van der Waals surface area contributed by atoms with Gasteiger partial charge in [0.2, 0.25) is 0 Å². The first kappa shape index (κ1) is 14.9. The van der Waals surface area contributed by atoms with E-state index in [-0.39, 0.29) is 6.61 Å². The van der Waals surface area contributed by atoms with Crippen molar-refractivity contribution in [2.75, 3.05) is 13.7 Å². The van der Waals surface area contributed by atoms with E-state index in [1.54, 1.807) is 25.3 Å². The number of hydrogen-bond acceptors (Lipinski definition) is 4. The van der Waals surface area contributed by atoms with Crippen molar-refractivity contribution in [3.05, 3.63) is 66.7 Å². The molecule has 0 bridgehead atoms. The van der Waals surface area contributed by atoms with E-state index in [1.165, 1.54) is 0 Å². The fourth-order valence-corrected chi connectivity index (χ4v) is 2.27. The van der Waals surface area contributed by atoms with Gasteiger partial charge in [0.1, 0.15) is 5.75 Å². The monoisotopic (exact) mass is 308 g/mol. The van der Waals surface area contributed by atoms with E-state index < -0.39 is 5.97 Å². The lowest BCUT2D eigenvalue weighted by atomic mass is 10.1. The fourth-order valence-electron chi connectivity index (χ4n) is 2.27. The average Bonchev–Trinajstić information content (AvgIpc) is 2.60. The van der Waals surface area contributed by atoms with Crippen molar-refractivity contribution in [3.8, 4) is 17.2 Å². The first-order valence-electron chi connectivity index (χ1n) is 7.21. The van der Waals surface area contributed by atoms with Crippen LogP contribution in [0.2, 0.25) is 0 Å². The maximum absolute atomic E-state index is 11.9. The van der Waals surface area contributed by atoms with Gasteiger partial charge in [0.05, 0.1) is 7.11 Å². The maximum Gasteiger partial charge on any atom is 0.349 e. The third-order valence-corrected chi connectivity index (χ3v) is 3.37. The number of fused-ring (bicyclic) bond motifs is 1. The largest absolute Gasteiger partial charge is 0.493 e. The fraction of sp³-hybridized carbons (Fsp3) is 0.105. The van der Waals surface area contributed by atoms with Crippen LogP contribution in [-0.4, -0.2) is 19.7 Å². The number of para-hydroxylation sites is 2. The highest BCUT2D eigenvalue weighted by molar-refractivity contribution is 5.84. The van der Waals surface area contributed by atoms with Gasteiger partial charge in [-0.15, -0.1) is 0 Å². The molecule has 0 saturated heterocycles. The van der Waals surface area contributed by atoms with Crippen LogP contribution in [0.5, 0.6) is 17.2 Å². The quantitative estimate of drug-likeness (QED) is 0.531. The molecule has 0 N–H and O–H groups in total. The van der Waals surface area contributed by atoms with Crippen LogP contribution in [0.4, 0.5) is 0 Å². The van der Waals surface area contributed by atoms with Crippen LogP contribution in [0.1, 0.15) is 0 Å². The molecule has 3 aromatic rings. The highest BCUT2D eigenvalue weighted by Gasteiger charge is 2.09. The van der Waals surface area contributed by atoms with Gasteiger partial charge in [-0.2, -0.15) is 0 Å². The van der Waals surface area contributed by atoms with Crippen molar-refractivity contribution in [3.63, 3.8) is 0 Å². The third-order valence-electron chi connectivity index (χ3n) is 3.37. The van der Waals surface area contributed by atoms with Crippen molar-refractivity contribution in [2.45, 2.75) is 0 Å². The van der Waals surface area contributed by atoms with E-state index in [9.17, 15) is 4.79 Å². The van der Waals surface area contributed by atoms with Gasteiger partial charge in [0.25, 0.3) is 0 Å². The minimum absolute atomic E-state index is 0.187. The molecule has 3 aromatic carbocycles. The minimum atomic E-state index is -0.466. The lowest BCUT2D eigenvalue weighted by Crippen LogP contribution is -2.17. The van der Waals surface area contributed by atoms with Crippen molar-refractivity contribution < 1.29 is 19.0 Å². The third kappa shape index (κ3) is 3.61. The van der Waals surface area contributed by atoms with Crippen LogP contribution < -0.4 is 14.2 Å². The van der Waals surface area contributed by atoms with Crippen molar-refractivity contribution >= 4 is 16.7 Å². The lowest BCUT2D eigenvalue weighted by Gasteiger charge is -2.10. The number of esters is 1. The predicted octanol–water partition coefficient (Wildman–Crippen LogP) is 3.83. The SMILES string of the molecule is COc1ccccc1OCC(=O)Oc1ccc2ccccc2c1. The summed E-state index contributed by atoms with van der Waals surface area (Å²) >= 11 is 0. The Hall–Kier alpha value is -3.01. The molecule has 0 unspecified atom stereocenters. The second-order valence-electron chi connectivity index (χ2n) is 4.92. The minimum Gasteiger partial charge on any atom is -0.493 e. The van der Waals surface area contributed by atoms with Gasteiger partial charge in [-0.3, -0.25) is 0 Å². The zero-order valence-corrected chi connectivity index (χ0v) is 12.7.